The first kappa shape index (κ1) is 19.1. The van der Waals surface area contributed by atoms with Crippen molar-refractivity contribution in [3.05, 3.63) is 46.4 Å². The van der Waals surface area contributed by atoms with Crippen LogP contribution in [0.4, 0.5) is 16.0 Å². The molecule has 1 saturated heterocycles. The Kier molecular flexibility index (Phi) is 3.77. The van der Waals surface area contributed by atoms with Crippen LogP contribution in [-0.4, -0.2) is 40.7 Å². The topological polar surface area (TPSA) is 54.3 Å². The van der Waals surface area contributed by atoms with Crippen molar-refractivity contribution in [1.29, 1.82) is 0 Å². The van der Waals surface area contributed by atoms with Gasteiger partial charge in [-0.25, -0.2) is 9.18 Å². The van der Waals surface area contributed by atoms with E-state index < -0.39 is 0 Å². The van der Waals surface area contributed by atoms with E-state index in [0.717, 1.165) is 62.0 Å². The van der Waals surface area contributed by atoms with E-state index >= 15 is 0 Å². The standard InChI is InChI=1S/C25H30FN5O/c1-16-27-22(30-8-6-29(7-9-30)21-4-2-20(26)3-5-21)28-23(32)31(16)15-24-12-17-10-18-11-19(14-24)25(18,24)13-17/h2-5,17-19H,6-15H2,1H3. The highest BCUT2D eigenvalue weighted by Crippen LogP contribution is 2.86. The molecule has 0 N–H and O–H groups in total. The van der Waals surface area contributed by atoms with E-state index in [0.29, 0.717) is 16.8 Å². The van der Waals surface area contributed by atoms with Crippen molar-refractivity contribution >= 4 is 11.6 Å². The summed E-state index contributed by atoms with van der Waals surface area (Å²) in [5, 5.41) is 0. The number of aromatic nitrogens is 3. The normalized spacial score (nSPS) is 36.6. The zero-order valence-corrected chi connectivity index (χ0v) is 18.6. The van der Waals surface area contributed by atoms with Crippen LogP contribution >= 0.6 is 0 Å². The van der Waals surface area contributed by atoms with Gasteiger partial charge in [0.1, 0.15) is 11.6 Å². The molecule has 168 valence electrons. The number of piperazine rings is 1. The third-order valence-corrected chi connectivity index (χ3v) is 9.87. The van der Waals surface area contributed by atoms with Gasteiger partial charge in [-0.3, -0.25) is 4.57 Å². The summed E-state index contributed by atoms with van der Waals surface area (Å²) in [6, 6.07) is 6.64. The van der Waals surface area contributed by atoms with Gasteiger partial charge >= 0.3 is 5.69 Å². The maximum absolute atomic E-state index is 13.2. The van der Waals surface area contributed by atoms with Crippen LogP contribution in [0.3, 0.4) is 0 Å². The number of hydrogen-bond donors (Lipinski definition) is 0. The van der Waals surface area contributed by atoms with Crippen LogP contribution in [0.15, 0.2) is 29.1 Å². The third kappa shape index (κ3) is 2.37. The number of nitrogens with zero attached hydrogens (tertiary/aromatic N) is 5. The summed E-state index contributed by atoms with van der Waals surface area (Å²) in [4.78, 5) is 26.7. The molecular weight excluding hydrogens is 405 g/mol. The lowest BCUT2D eigenvalue weighted by Crippen LogP contribution is -2.68. The summed E-state index contributed by atoms with van der Waals surface area (Å²) in [7, 11) is 0. The number of anilines is 2. The van der Waals surface area contributed by atoms with E-state index in [-0.39, 0.29) is 11.5 Å². The van der Waals surface area contributed by atoms with Gasteiger partial charge in [0, 0.05) is 38.4 Å². The molecule has 1 spiro atoms. The quantitative estimate of drug-likeness (QED) is 0.738. The van der Waals surface area contributed by atoms with Crippen molar-refractivity contribution in [3.63, 3.8) is 0 Å². The Balaban J connectivity index is 1.08. The van der Waals surface area contributed by atoms with Crippen LogP contribution < -0.4 is 15.5 Å². The van der Waals surface area contributed by atoms with Crippen molar-refractivity contribution in [2.24, 2.45) is 28.6 Å². The zero-order chi connectivity index (χ0) is 21.7. The largest absolute Gasteiger partial charge is 0.368 e. The maximum Gasteiger partial charge on any atom is 0.352 e. The molecule has 5 unspecified atom stereocenters. The van der Waals surface area contributed by atoms with E-state index in [9.17, 15) is 9.18 Å². The second-order valence-electron chi connectivity index (χ2n) is 11.1. The molecule has 5 aliphatic rings. The van der Waals surface area contributed by atoms with Crippen molar-refractivity contribution in [2.75, 3.05) is 36.0 Å². The summed E-state index contributed by atoms with van der Waals surface area (Å²) in [5.74, 6) is 3.88. The van der Waals surface area contributed by atoms with Crippen LogP contribution in [0.25, 0.3) is 0 Å². The van der Waals surface area contributed by atoms with Gasteiger partial charge in [-0.1, -0.05) is 0 Å². The van der Waals surface area contributed by atoms with Crippen LogP contribution in [0.1, 0.15) is 37.9 Å². The summed E-state index contributed by atoms with van der Waals surface area (Å²) < 4.78 is 15.1. The minimum absolute atomic E-state index is 0.138. The highest BCUT2D eigenvalue weighted by Gasteiger charge is 2.80. The summed E-state index contributed by atoms with van der Waals surface area (Å²) in [5.41, 5.74) is 1.78. The number of aryl methyl sites for hydroxylation is 1. The number of benzene rings is 1. The van der Waals surface area contributed by atoms with Crippen molar-refractivity contribution in [3.8, 4) is 0 Å². The smallest absolute Gasteiger partial charge is 0.352 e. The van der Waals surface area contributed by atoms with Gasteiger partial charge in [0.2, 0.25) is 5.95 Å². The van der Waals surface area contributed by atoms with Crippen molar-refractivity contribution < 1.29 is 4.39 Å². The molecule has 5 fully saturated rings. The van der Waals surface area contributed by atoms with Crippen LogP contribution in [0.5, 0.6) is 0 Å². The van der Waals surface area contributed by atoms with Crippen LogP contribution in [-0.2, 0) is 6.54 Å². The average molecular weight is 436 g/mol. The molecule has 7 rings (SSSR count). The molecule has 5 atom stereocenters. The monoisotopic (exact) mass is 435 g/mol. The molecule has 1 aromatic carbocycles. The first-order valence-electron chi connectivity index (χ1n) is 12.2. The number of hydrogen-bond acceptors (Lipinski definition) is 5. The Hall–Kier alpha value is -2.44. The lowest BCUT2D eigenvalue weighted by molar-refractivity contribution is -0.250. The molecular formula is C25H30FN5O. The second-order valence-corrected chi connectivity index (χ2v) is 11.1. The number of rotatable bonds is 4. The van der Waals surface area contributed by atoms with Gasteiger partial charge in [0.05, 0.1) is 0 Å². The fourth-order valence-electron chi connectivity index (χ4n) is 8.63. The first-order chi connectivity index (χ1) is 15.5. The van der Waals surface area contributed by atoms with Crippen molar-refractivity contribution in [1.82, 2.24) is 14.5 Å². The molecule has 6 nitrogen and oxygen atoms in total. The lowest BCUT2D eigenvalue weighted by Gasteiger charge is -2.73. The van der Waals surface area contributed by atoms with E-state index in [1.807, 2.05) is 23.6 Å². The minimum atomic E-state index is -0.216. The fraction of sp³-hybridized carbons (Fsp3) is 0.640. The van der Waals surface area contributed by atoms with Gasteiger partial charge in [0.25, 0.3) is 0 Å². The summed E-state index contributed by atoms with van der Waals surface area (Å²) >= 11 is 0. The predicted octanol–water partition coefficient (Wildman–Crippen LogP) is 3.24. The van der Waals surface area contributed by atoms with Gasteiger partial charge in [-0.15, -0.1) is 0 Å². The highest BCUT2D eigenvalue weighted by molar-refractivity contribution is 5.48. The molecule has 1 aliphatic heterocycles. The molecule has 4 aliphatic carbocycles. The van der Waals surface area contributed by atoms with E-state index in [4.69, 9.17) is 4.98 Å². The Bertz CT molecular complexity index is 1140. The van der Waals surface area contributed by atoms with Gasteiger partial charge in [-0.2, -0.15) is 9.97 Å². The Morgan fingerprint density at radius 3 is 2.41 bits per heavy atom. The molecule has 0 radical (unpaired) electrons. The van der Waals surface area contributed by atoms with Gasteiger partial charge in [-0.05, 0) is 91.9 Å². The molecule has 2 aromatic rings. The van der Waals surface area contributed by atoms with E-state index in [1.165, 1.54) is 44.2 Å². The number of halogens is 1. The highest BCUT2D eigenvalue weighted by atomic mass is 19.1. The van der Waals surface area contributed by atoms with Crippen LogP contribution in [0, 0.1) is 41.3 Å². The Morgan fingerprint density at radius 1 is 0.969 bits per heavy atom. The fourth-order valence-corrected chi connectivity index (χ4v) is 8.63. The SMILES string of the molecule is Cc1nc(N2CCN(c3ccc(F)cc3)CC2)nc(=O)n1CC12CC3CC4CC(C1)C42C3. The van der Waals surface area contributed by atoms with Gasteiger partial charge < -0.3 is 9.80 Å². The van der Waals surface area contributed by atoms with E-state index in [1.54, 1.807) is 0 Å². The molecule has 0 amide bonds. The molecule has 32 heavy (non-hydrogen) atoms. The Morgan fingerprint density at radius 2 is 1.72 bits per heavy atom. The Labute approximate surface area is 187 Å². The second kappa shape index (κ2) is 6.33. The molecule has 7 heteroatoms. The maximum atomic E-state index is 13.2. The lowest BCUT2D eigenvalue weighted by atomic mass is 9.32. The van der Waals surface area contributed by atoms with Crippen LogP contribution in [0.2, 0.25) is 0 Å². The summed E-state index contributed by atoms with van der Waals surface area (Å²) in [6.45, 7) is 5.88. The average Bonchev–Trinajstić information content (AvgIpc) is 3.26. The van der Waals surface area contributed by atoms with Gasteiger partial charge in [0.15, 0.2) is 0 Å². The minimum Gasteiger partial charge on any atom is -0.368 e. The third-order valence-electron chi connectivity index (χ3n) is 9.87. The number of fused-ring (bicyclic) bond motifs is 1. The van der Waals surface area contributed by atoms with Crippen molar-refractivity contribution in [2.45, 2.75) is 45.6 Å². The zero-order valence-electron chi connectivity index (χ0n) is 18.6. The molecule has 2 heterocycles. The molecule has 4 saturated carbocycles. The predicted molar refractivity (Wildman–Crippen MR) is 120 cm³/mol. The van der Waals surface area contributed by atoms with E-state index in [2.05, 4.69) is 14.8 Å². The molecule has 1 aromatic heterocycles. The molecule has 2 bridgehead atoms. The summed E-state index contributed by atoms with van der Waals surface area (Å²) in [6.07, 6.45) is 6.89. The first-order valence-corrected chi connectivity index (χ1v) is 12.2.